The SMILES string of the molecule is CCCCS(=O)(=O)Nc1ccc(Nc2cccc(NC(C)=O)c2)cn1. The maximum atomic E-state index is 11.9. The van der Waals surface area contributed by atoms with Crippen LogP contribution in [-0.4, -0.2) is 25.1 Å². The molecule has 0 fully saturated rings. The lowest BCUT2D eigenvalue weighted by Crippen LogP contribution is -2.17. The van der Waals surface area contributed by atoms with Crippen molar-refractivity contribution in [3.05, 3.63) is 42.6 Å². The predicted molar refractivity (Wildman–Crippen MR) is 101 cm³/mol. The maximum absolute atomic E-state index is 11.9. The Bertz CT molecular complexity index is 820. The lowest BCUT2D eigenvalue weighted by molar-refractivity contribution is -0.114. The number of carbonyl (C=O) groups is 1. The molecule has 8 heteroatoms. The Kier molecular flexibility index (Phi) is 6.35. The molecule has 134 valence electrons. The van der Waals surface area contributed by atoms with Gasteiger partial charge in [0.25, 0.3) is 0 Å². The second-order valence-electron chi connectivity index (χ2n) is 5.59. The minimum absolute atomic E-state index is 0.0844. The summed E-state index contributed by atoms with van der Waals surface area (Å²) >= 11 is 0. The standard InChI is InChI=1S/C17H22N4O3S/c1-3-4-10-25(23,24)21-17-9-8-16(12-18-17)20-15-7-5-6-14(11-15)19-13(2)22/h5-9,11-12,20H,3-4,10H2,1-2H3,(H,18,21)(H,19,22). The fraction of sp³-hybridized carbons (Fsp3) is 0.294. The number of carbonyl (C=O) groups excluding carboxylic acids is 1. The third-order valence-electron chi connectivity index (χ3n) is 3.26. The zero-order valence-electron chi connectivity index (χ0n) is 14.2. The van der Waals surface area contributed by atoms with Crippen LogP contribution < -0.4 is 15.4 Å². The first-order valence-corrected chi connectivity index (χ1v) is 9.64. The van der Waals surface area contributed by atoms with E-state index in [4.69, 9.17) is 0 Å². The lowest BCUT2D eigenvalue weighted by atomic mass is 10.2. The molecule has 0 saturated heterocycles. The number of hydrogen-bond acceptors (Lipinski definition) is 5. The molecule has 0 saturated carbocycles. The van der Waals surface area contributed by atoms with Gasteiger partial charge in [0.1, 0.15) is 5.82 Å². The van der Waals surface area contributed by atoms with Gasteiger partial charge in [0, 0.05) is 18.3 Å². The van der Waals surface area contributed by atoms with Gasteiger partial charge in [-0.1, -0.05) is 19.4 Å². The van der Waals surface area contributed by atoms with Gasteiger partial charge in [-0.05, 0) is 36.8 Å². The number of pyridine rings is 1. The number of aromatic nitrogens is 1. The number of hydrogen-bond donors (Lipinski definition) is 3. The molecule has 0 aliphatic carbocycles. The normalized spacial score (nSPS) is 11.0. The number of unbranched alkanes of at least 4 members (excludes halogenated alkanes) is 1. The van der Waals surface area contributed by atoms with E-state index in [9.17, 15) is 13.2 Å². The van der Waals surface area contributed by atoms with Gasteiger partial charge in [-0.2, -0.15) is 0 Å². The molecular formula is C17H22N4O3S. The average molecular weight is 362 g/mol. The molecule has 1 heterocycles. The van der Waals surface area contributed by atoms with Crippen LogP contribution in [0.3, 0.4) is 0 Å². The molecular weight excluding hydrogens is 340 g/mol. The highest BCUT2D eigenvalue weighted by atomic mass is 32.2. The molecule has 0 aliphatic heterocycles. The van der Waals surface area contributed by atoms with Crippen molar-refractivity contribution >= 4 is 38.8 Å². The number of rotatable bonds is 8. The van der Waals surface area contributed by atoms with Crippen molar-refractivity contribution in [1.82, 2.24) is 4.98 Å². The highest BCUT2D eigenvalue weighted by molar-refractivity contribution is 7.92. The van der Waals surface area contributed by atoms with E-state index in [0.29, 0.717) is 17.8 Å². The summed E-state index contributed by atoms with van der Waals surface area (Å²) in [7, 11) is -3.36. The minimum atomic E-state index is -3.36. The number of nitrogens with one attached hydrogen (secondary N) is 3. The lowest BCUT2D eigenvalue weighted by Gasteiger charge is -2.10. The highest BCUT2D eigenvalue weighted by Crippen LogP contribution is 2.20. The molecule has 1 aromatic carbocycles. The van der Waals surface area contributed by atoms with Gasteiger partial charge in [-0.3, -0.25) is 9.52 Å². The molecule has 7 nitrogen and oxygen atoms in total. The van der Waals surface area contributed by atoms with Crippen LogP contribution in [0.5, 0.6) is 0 Å². The summed E-state index contributed by atoms with van der Waals surface area (Å²) in [5.41, 5.74) is 2.17. The van der Waals surface area contributed by atoms with Crippen molar-refractivity contribution < 1.29 is 13.2 Å². The third-order valence-corrected chi connectivity index (χ3v) is 4.61. The second kappa shape index (κ2) is 8.48. The molecule has 0 unspecified atom stereocenters. The van der Waals surface area contributed by atoms with Gasteiger partial charge >= 0.3 is 0 Å². The van der Waals surface area contributed by atoms with Crippen LogP contribution in [0.25, 0.3) is 0 Å². The fourth-order valence-corrected chi connectivity index (χ4v) is 3.33. The zero-order chi connectivity index (χ0) is 18.3. The molecule has 1 aromatic heterocycles. The summed E-state index contributed by atoms with van der Waals surface area (Å²) in [6.45, 7) is 3.39. The van der Waals surface area contributed by atoms with E-state index in [1.165, 1.54) is 6.92 Å². The van der Waals surface area contributed by atoms with Crippen LogP contribution in [0.2, 0.25) is 0 Å². The van der Waals surface area contributed by atoms with E-state index in [1.54, 1.807) is 30.5 Å². The molecule has 25 heavy (non-hydrogen) atoms. The van der Waals surface area contributed by atoms with Crippen LogP contribution in [0, 0.1) is 0 Å². The molecule has 2 aromatic rings. The Morgan fingerprint density at radius 1 is 1.12 bits per heavy atom. The Balaban J connectivity index is 2.02. The highest BCUT2D eigenvalue weighted by Gasteiger charge is 2.10. The third kappa shape index (κ3) is 6.42. The predicted octanol–water partition coefficient (Wildman–Crippen LogP) is 3.33. The zero-order valence-corrected chi connectivity index (χ0v) is 15.1. The molecule has 3 N–H and O–H groups in total. The van der Waals surface area contributed by atoms with Gasteiger partial charge < -0.3 is 10.6 Å². The summed E-state index contributed by atoms with van der Waals surface area (Å²) in [5, 5.41) is 5.86. The Hall–Kier alpha value is -2.61. The number of nitrogens with zero attached hydrogens (tertiary/aromatic N) is 1. The van der Waals surface area contributed by atoms with Gasteiger partial charge in [-0.25, -0.2) is 13.4 Å². The molecule has 0 atom stereocenters. The number of benzene rings is 1. The quantitative estimate of drug-likeness (QED) is 0.669. The van der Waals surface area contributed by atoms with E-state index in [1.807, 2.05) is 19.1 Å². The van der Waals surface area contributed by atoms with Crippen molar-refractivity contribution in [2.75, 3.05) is 21.1 Å². The van der Waals surface area contributed by atoms with Crippen molar-refractivity contribution in [1.29, 1.82) is 0 Å². The van der Waals surface area contributed by atoms with Crippen LogP contribution in [0.1, 0.15) is 26.7 Å². The first kappa shape index (κ1) is 18.7. The summed E-state index contributed by atoms with van der Waals surface area (Å²) in [6.07, 6.45) is 2.97. The largest absolute Gasteiger partial charge is 0.354 e. The second-order valence-corrected chi connectivity index (χ2v) is 7.44. The maximum Gasteiger partial charge on any atom is 0.233 e. The average Bonchev–Trinajstić information content (AvgIpc) is 2.54. The van der Waals surface area contributed by atoms with E-state index in [2.05, 4.69) is 20.3 Å². The van der Waals surface area contributed by atoms with Gasteiger partial charge in [0.2, 0.25) is 15.9 Å². The topological polar surface area (TPSA) is 100 Å². The Morgan fingerprint density at radius 2 is 1.88 bits per heavy atom. The van der Waals surface area contributed by atoms with E-state index in [-0.39, 0.29) is 17.5 Å². The summed E-state index contributed by atoms with van der Waals surface area (Å²) in [5.74, 6) is 0.230. The Labute approximate surface area is 147 Å². The van der Waals surface area contributed by atoms with Crippen LogP contribution in [0.4, 0.5) is 22.9 Å². The first-order chi connectivity index (χ1) is 11.9. The number of anilines is 4. The number of sulfonamides is 1. The van der Waals surface area contributed by atoms with Gasteiger partial charge in [0.15, 0.2) is 0 Å². The monoisotopic (exact) mass is 362 g/mol. The van der Waals surface area contributed by atoms with E-state index >= 15 is 0 Å². The molecule has 2 rings (SSSR count). The van der Waals surface area contributed by atoms with Crippen LogP contribution >= 0.6 is 0 Å². The minimum Gasteiger partial charge on any atom is -0.354 e. The number of amides is 1. The van der Waals surface area contributed by atoms with Crippen molar-refractivity contribution in [3.8, 4) is 0 Å². The van der Waals surface area contributed by atoms with Crippen LogP contribution in [0.15, 0.2) is 42.6 Å². The molecule has 1 amide bonds. The van der Waals surface area contributed by atoms with Gasteiger partial charge in [0.05, 0.1) is 17.6 Å². The van der Waals surface area contributed by atoms with Crippen molar-refractivity contribution in [2.24, 2.45) is 0 Å². The first-order valence-electron chi connectivity index (χ1n) is 7.99. The molecule has 0 spiro atoms. The summed E-state index contributed by atoms with van der Waals surface area (Å²) < 4.78 is 26.2. The summed E-state index contributed by atoms with van der Waals surface area (Å²) in [4.78, 5) is 15.2. The molecule has 0 bridgehead atoms. The smallest absolute Gasteiger partial charge is 0.233 e. The Morgan fingerprint density at radius 3 is 2.52 bits per heavy atom. The van der Waals surface area contributed by atoms with Gasteiger partial charge in [-0.15, -0.1) is 0 Å². The van der Waals surface area contributed by atoms with Crippen molar-refractivity contribution in [3.63, 3.8) is 0 Å². The van der Waals surface area contributed by atoms with Crippen molar-refractivity contribution in [2.45, 2.75) is 26.7 Å². The molecule has 0 aliphatic rings. The fourth-order valence-electron chi connectivity index (χ4n) is 2.12. The molecule has 0 radical (unpaired) electrons. The van der Waals surface area contributed by atoms with E-state index < -0.39 is 10.0 Å². The van der Waals surface area contributed by atoms with Crippen LogP contribution in [-0.2, 0) is 14.8 Å². The van der Waals surface area contributed by atoms with E-state index in [0.717, 1.165) is 12.1 Å². The summed E-state index contributed by atoms with van der Waals surface area (Å²) in [6, 6.07) is 10.6.